The largest absolute Gasteiger partial charge is 0.486 e. The number of carbonyl (C=O) groups is 4. The van der Waals surface area contributed by atoms with Gasteiger partial charge in [0.05, 0.1) is 19.9 Å². The molecule has 1 saturated heterocycles. The fourth-order valence-corrected chi connectivity index (χ4v) is 2.25. The third kappa shape index (κ3) is 3.84. The van der Waals surface area contributed by atoms with E-state index in [2.05, 4.69) is 9.72 Å². The van der Waals surface area contributed by atoms with Crippen LogP contribution in [0.2, 0.25) is 0 Å². The van der Waals surface area contributed by atoms with Crippen LogP contribution in [-0.2, 0) is 19.1 Å². The number of cyclic esters (lactones) is 1. The quantitative estimate of drug-likeness (QED) is 0.527. The molecule has 1 aromatic rings. The van der Waals surface area contributed by atoms with Crippen molar-refractivity contribution in [1.82, 2.24) is 9.88 Å². The maximum atomic E-state index is 11.9. The van der Waals surface area contributed by atoms with Crippen molar-refractivity contribution in [3.05, 3.63) is 18.0 Å². The number of esters is 1. The van der Waals surface area contributed by atoms with Crippen LogP contribution in [0.5, 0.6) is 5.75 Å². The number of ether oxygens (including phenoxy) is 3. The molecule has 1 atom stereocenters. The van der Waals surface area contributed by atoms with Crippen LogP contribution in [0.15, 0.2) is 12.4 Å². The van der Waals surface area contributed by atoms with Gasteiger partial charge in [0.25, 0.3) is 0 Å². The van der Waals surface area contributed by atoms with Gasteiger partial charge in [0.1, 0.15) is 17.9 Å². The average Bonchev–Trinajstić information content (AvgIpc) is 2.91. The molecule has 1 aromatic heterocycles. The van der Waals surface area contributed by atoms with E-state index in [1.807, 2.05) is 0 Å². The second-order valence-corrected chi connectivity index (χ2v) is 5.22. The van der Waals surface area contributed by atoms with Gasteiger partial charge in [-0.1, -0.05) is 0 Å². The Labute approximate surface area is 143 Å². The number of amides is 3. The molecule has 0 saturated carbocycles. The van der Waals surface area contributed by atoms with Crippen molar-refractivity contribution in [2.24, 2.45) is 0 Å². The number of pyridine rings is 1. The molecule has 0 aromatic carbocycles. The van der Waals surface area contributed by atoms with E-state index in [9.17, 15) is 19.2 Å². The predicted molar refractivity (Wildman–Crippen MR) is 83.2 cm³/mol. The van der Waals surface area contributed by atoms with Gasteiger partial charge < -0.3 is 19.1 Å². The Balaban J connectivity index is 2.33. The molecule has 2 rings (SSSR count). The lowest BCUT2D eigenvalue weighted by molar-refractivity contribution is -0.120. The fraction of sp³-hybridized carbons (Fsp3) is 0.400. The van der Waals surface area contributed by atoms with Crippen LogP contribution in [0.3, 0.4) is 0 Å². The maximum absolute atomic E-state index is 11.9. The Morgan fingerprint density at radius 2 is 2.20 bits per heavy atom. The minimum atomic E-state index is -0.784. The first kappa shape index (κ1) is 18.2. The number of methoxy groups -OCH3 is 1. The zero-order chi connectivity index (χ0) is 18.6. The minimum absolute atomic E-state index is 0.0100. The number of nitrogens with zero attached hydrogens (tertiary/aromatic N) is 3. The van der Waals surface area contributed by atoms with Crippen molar-refractivity contribution in [2.45, 2.75) is 13.0 Å². The lowest BCUT2D eigenvalue weighted by Crippen LogP contribution is -2.30. The van der Waals surface area contributed by atoms with Crippen molar-refractivity contribution >= 4 is 30.1 Å². The number of aromatic nitrogens is 1. The number of carbonyl (C=O) groups excluding carboxylic acids is 4. The number of hydrogen-bond acceptors (Lipinski definition) is 8. The van der Waals surface area contributed by atoms with Crippen LogP contribution in [0.25, 0.3) is 0 Å². The second-order valence-electron chi connectivity index (χ2n) is 5.22. The number of anilines is 1. The lowest BCUT2D eigenvalue weighted by Gasteiger charge is -2.20. The smallest absolute Gasteiger partial charge is 0.410 e. The van der Waals surface area contributed by atoms with Gasteiger partial charge in [0.2, 0.25) is 12.3 Å². The standard InChI is InChI=1S/C15H17N3O7/c1-9(20)18(8-19)13-11(14(21)23-3)4-16-5-12(13)24-7-10-6-17(2)15(22)25-10/h4-5,8,10H,6-7H2,1-3H3. The van der Waals surface area contributed by atoms with E-state index >= 15 is 0 Å². The topological polar surface area (TPSA) is 115 Å². The number of rotatable bonds is 6. The fourth-order valence-electron chi connectivity index (χ4n) is 2.25. The van der Waals surface area contributed by atoms with E-state index in [4.69, 9.17) is 9.47 Å². The third-order valence-corrected chi connectivity index (χ3v) is 3.46. The van der Waals surface area contributed by atoms with Gasteiger partial charge in [0.15, 0.2) is 11.9 Å². The molecule has 0 N–H and O–H groups in total. The second kappa shape index (κ2) is 7.60. The molecule has 0 spiro atoms. The summed E-state index contributed by atoms with van der Waals surface area (Å²) in [5, 5.41) is 0. The highest BCUT2D eigenvalue weighted by molar-refractivity contribution is 6.11. The summed E-state index contributed by atoms with van der Waals surface area (Å²) in [7, 11) is 2.74. The summed E-state index contributed by atoms with van der Waals surface area (Å²) < 4.78 is 15.3. The molecule has 10 nitrogen and oxygen atoms in total. The first-order chi connectivity index (χ1) is 11.9. The highest BCUT2D eigenvalue weighted by Crippen LogP contribution is 2.32. The minimum Gasteiger partial charge on any atom is -0.486 e. The molecule has 3 amide bonds. The van der Waals surface area contributed by atoms with Crippen molar-refractivity contribution in [2.75, 3.05) is 32.2 Å². The van der Waals surface area contributed by atoms with E-state index < -0.39 is 24.1 Å². The summed E-state index contributed by atoms with van der Waals surface area (Å²) >= 11 is 0. The van der Waals surface area contributed by atoms with Crippen molar-refractivity contribution in [1.29, 1.82) is 0 Å². The molecule has 1 aliphatic rings. The molecule has 0 aliphatic carbocycles. The van der Waals surface area contributed by atoms with Crippen molar-refractivity contribution < 1.29 is 33.4 Å². The molecule has 1 unspecified atom stereocenters. The van der Waals surface area contributed by atoms with Gasteiger partial charge in [-0.3, -0.25) is 14.6 Å². The number of hydrogen-bond donors (Lipinski definition) is 0. The Morgan fingerprint density at radius 1 is 1.48 bits per heavy atom. The maximum Gasteiger partial charge on any atom is 0.410 e. The molecule has 0 radical (unpaired) electrons. The van der Waals surface area contributed by atoms with Crippen molar-refractivity contribution in [3.8, 4) is 5.75 Å². The van der Waals surface area contributed by atoms with Crippen LogP contribution >= 0.6 is 0 Å². The van der Waals surface area contributed by atoms with Crippen LogP contribution in [0, 0.1) is 0 Å². The third-order valence-electron chi connectivity index (χ3n) is 3.46. The highest BCUT2D eigenvalue weighted by Gasteiger charge is 2.30. The number of likely N-dealkylation sites (N-methyl/N-ethyl adjacent to an activating group) is 1. The van der Waals surface area contributed by atoms with E-state index in [0.29, 0.717) is 6.54 Å². The molecule has 2 heterocycles. The van der Waals surface area contributed by atoms with Crippen LogP contribution in [0.4, 0.5) is 10.5 Å². The van der Waals surface area contributed by atoms with E-state index in [1.165, 1.54) is 11.1 Å². The normalized spacial score (nSPS) is 16.2. The van der Waals surface area contributed by atoms with Crippen LogP contribution in [0.1, 0.15) is 17.3 Å². The summed E-state index contributed by atoms with van der Waals surface area (Å²) in [6.45, 7) is 1.44. The predicted octanol–water partition coefficient (Wildman–Crippen LogP) is 0.207. The summed E-state index contributed by atoms with van der Waals surface area (Å²) in [6, 6.07) is 0. The molecule has 25 heavy (non-hydrogen) atoms. The van der Waals surface area contributed by atoms with Crippen LogP contribution in [-0.4, -0.2) is 67.7 Å². The molecule has 134 valence electrons. The first-order valence-corrected chi connectivity index (χ1v) is 7.25. The zero-order valence-corrected chi connectivity index (χ0v) is 13.9. The summed E-state index contributed by atoms with van der Waals surface area (Å²) in [5.41, 5.74) is -0.190. The van der Waals surface area contributed by atoms with Gasteiger partial charge >= 0.3 is 12.1 Å². The van der Waals surface area contributed by atoms with E-state index in [1.54, 1.807) is 7.05 Å². The van der Waals surface area contributed by atoms with Gasteiger partial charge in [-0.25, -0.2) is 14.5 Å². The van der Waals surface area contributed by atoms with Crippen molar-refractivity contribution in [3.63, 3.8) is 0 Å². The summed E-state index contributed by atoms with van der Waals surface area (Å²) in [4.78, 5) is 52.3. The summed E-state index contributed by atoms with van der Waals surface area (Å²) in [5.74, 6) is -1.40. The monoisotopic (exact) mass is 351 g/mol. The average molecular weight is 351 g/mol. The Morgan fingerprint density at radius 3 is 2.72 bits per heavy atom. The Hall–Kier alpha value is -3.17. The Bertz CT molecular complexity index is 706. The van der Waals surface area contributed by atoms with E-state index in [-0.39, 0.29) is 30.0 Å². The molecule has 1 fully saturated rings. The van der Waals surface area contributed by atoms with Gasteiger partial charge in [-0.15, -0.1) is 0 Å². The molecule has 10 heteroatoms. The molecule has 0 bridgehead atoms. The van der Waals surface area contributed by atoms with Gasteiger partial charge in [-0.05, 0) is 0 Å². The lowest BCUT2D eigenvalue weighted by atomic mass is 10.2. The summed E-state index contributed by atoms with van der Waals surface area (Å²) in [6.07, 6.45) is 1.67. The van der Waals surface area contributed by atoms with E-state index in [0.717, 1.165) is 25.1 Å². The molecule has 1 aliphatic heterocycles. The molecular weight excluding hydrogens is 334 g/mol. The zero-order valence-electron chi connectivity index (χ0n) is 13.9. The molecular formula is C15H17N3O7. The Kier molecular flexibility index (Phi) is 5.52. The van der Waals surface area contributed by atoms with Gasteiger partial charge in [-0.2, -0.15) is 0 Å². The SMILES string of the molecule is COC(=O)c1cncc(OCC2CN(C)C(=O)O2)c1N(C=O)C(C)=O. The first-order valence-electron chi connectivity index (χ1n) is 7.25. The van der Waals surface area contributed by atoms with Crippen LogP contribution < -0.4 is 9.64 Å². The number of imide groups is 1. The van der Waals surface area contributed by atoms with Gasteiger partial charge in [0, 0.05) is 20.2 Å². The highest BCUT2D eigenvalue weighted by atomic mass is 16.6.